The maximum absolute atomic E-state index is 10.9. The third-order valence-corrected chi connectivity index (χ3v) is 3.37. The predicted octanol–water partition coefficient (Wildman–Crippen LogP) is 1.63. The summed E-state index contributed by atoms with van der Waals surface area (Å²) in [5.41, 5.74) is 5.33. The molecular formula is C9H11ClN2O2S. The molecule has 15 heavy (non-hydrogen) atoms. The summed E-state index contributed by atoms with van der Waals surface area (Å²) in [5.74, 6) is -0.896. The van der Waals surface area contributed by atoms with E-state index in [9.17, 15) is 4.79 Å². The van der Waals surface area contributed by atoms with E-state index in [0.29, 0.717) is 23.0 Å². The second-order valence-electron chi connectivity index (χ2n) is 2.81. The molecule has 1 aromatic heterocycles. The van der Waals surface area contributed by atoms with Gasteiger partial charge in [0.1, 0.15) is 10.3 Å². The minimum absolute atomic E-state index is 0.328. The lowest BCUT2D eigenvalue weighted by molar-refractivity contribution is -0.136. The predicted molar refractivity (Wildman–Crippen MR) is 60.2 cm³/mol. The number of nitrogens with two attached hydrogens (primary N) is 1. The standard InChI is InChI=1S/C9H11ClN2O2S/c10-6-2-1-5-12-8(6)15-7(3-4-11)9(13)14/h1-2,5,7H,3-4,11H2,(H,13,14). The Balaban J connectivity index is 2.74. The maximum Gasteiger partial charge on any atom is 0.317 e. The van der Waals surface area contributed by atoms with Crippen molar-refractivity contribution in [3.8, 4) is 0 Å². The largest absolute Gasteiger partial charge is 0.480 e. The highest BCUT2D eigenvalue weighted by atomic mass is 35.5. The monoisotopic (exact) mass is 246 g/mol. The SMILES string of the molecule is NCCC(Sc1ncccc1Cl)C(=O)O. The van der Waals surface area contributed by atoms with Gasteiger partial charge in [-0.1, -0.05) is 23.4 Å². The number of carbonyl (C=O) groups is 1. The highest BCUT2D eigenvalue weighted by molar-refractivity contribution is 8.00. The fraction of sp³-hybridized carbons (Fsp3) is 0.333. The van der Waals surface area contributed by atoms with E-state index in [-0.39, 0.29) is 0 Å². The lowest BCUT2D eigenvalue weighted by Crippen LogP contribution is -2.20. The van der Waals surface area contributed by atoms with Crippen LogP contribution < -0.4 is 5.73 Å². The normalized spacial score (nSPS) is 12.4. The summed E-state index contributed by atoms with van der Waals surface area (Å²) in [6.45, 7) is 0.328. The van der Waals surface area contributed by atoms with Gasteiger partial charge in [-0.2, -0.15) is 0 Å². The topological polar surface area (TPSA) is 76.2 Å². The van der Waals surface area contributed by atoms with E-state index in [2.05, 4.69) is 4.98 Å². The molecule has 0 aromatic carbocycles. The number of thioether (sulfide) groups is 1. The first-order chi connectivity index (χ1) is 7.15. The van der Waals surface area contributed by atoms with E-state index >= 15 is 0 Å². The van der Waals surface area contributed by atoms with Crippen LogP contribution in [0.2, 0.25) is 5.02 Å². The number of aliphatic carboxylic acids is 1. The molecule has 4 nitrogen and oxygen atoms in total. The maximum atomic E-state index is 10.9. The summed E-state index contributed by atoms with van der Waals surface area (Å²) in [7, 11) is 0. The van der Waals surface area contributed by atoms with Crippen LogP contribution in [0.3, 0.4) is 0 Å². The van der Waals surface area contributed by atoms with Gasteiger partial charge in [-0.25, -0.2) is 4.98 Å². The van der Waals surface area contributed by atoms with Gasteiger partial charge in [0.2, 0.25) is 0 Å². The van der Waals surface area contributed by atoms with Crippen LogP contribution in [0.4, 0.5) is 0 Å². The van der Waals surface area contributed by atoms with E-state index in [1.807, 2.05) is 0 Å². The number of carboxylic acid groups (broad SMARTS) is 1. The third-order valence-electron chi connectivity index (χ3n) is 1.68. The molecule has 6 heteroatoms. The second-order valence-corrected chi connectivity index (χ2v) is 4.41. The number of aromatic nitrogens is 1. The van der Waals surface area contributed by atoms with Crippen LogP contribution in [0.25, 0.3) is 0 Å². The molecule has 1 atom stereocenters. The van der Waals surface area contributed by atoms with Crippen molar-refractivity contribution in [2.24, 2.45) is 5.73 Å². The van der Waals surface area contributed by atoms with Gasteiger partial charge in [0.05, 0.1) is 5.02 Å². The van der Waals surface area contributed by atoms with Crippen molar-refractivity contribution in [3.63, 3.8) is 0 Å². The van der Waals surface area contributed by atoms with E-state index in [1.165, 1.54) is 0 Å². The number of nitrogens with zero attached hydrogens (tertiary/aromatic N) is 1. The third kappa shape index (κ3) is 3.70. The molecule has 0 fully saturated rings. The number of pyridine rings is 1. The highest BCUT2D eigenvalue weighted by Gasteiger charge is 2.19. The molecule has 0 aliphatic carbocycles. The van der Waals surface area contributed by atoms with Crippen molar-refractivity contribution in [3.05, 3.63) is 23.4 Å². The molecule has 0 radical (unpaired) electrons. The van der Waals surface area contributed by atoms with E-state index < -0.39 is 11.2 Å². The van der Waals surface area contributed by atoms with Gasteiger partial charge in [0.15, 0.2) is 0 Å². The zero-order valence-corrected chi connectivity index (χ0v) is 9.46. The lowest BCUT2D eigenvalue weighted by atomic mass is 10.3. The van der Waals surface area contributed by atoms with Crippen molar-refractivity contribution < 1.29 is 9.90 Å². The average molecular weight is 247 g/mol. The van der Waals surface area contributed by atoms with Crippen molar-refractivity contribution in [2.75, 3.05) is 6.54 Å². The van der Waals surface area contributed by atoms with Crippen LogP contribution in [0.1, 0.15) is 6.42 Å². The fourth-order valence-corrected chi connectivity index (χ4v) is 2.16. The van der Waals surface area contributed by atoms with Crippen molar-refractivity contribution in [2.45, 2.75) is 16.7 Å². The smallest absolute Gasteiger partial charge is 0.317 e. The molecule has 0 saturated carbocycles. The molecule has 0 saturated heterocycles. The van der Waals surface area contributed by atoms with Gasteiger partial charge in [0.25, 0.3) is 0 Å². The molecule has 82 valence electrons. The number of rotatable bonds is 5. The Morgan fingerprint density at radius 3 is 3.00 bits per heavy atom. The number of carboxylic acids is 1. The van der Waals surface area contributed by atoms with Gasteiger partial charge in [0, 0.05) is 6.20 Å². The quantitative estimate of drug-likeness (QED) is 0.773. The van der Waals surface area contributed by atoms with Crippen molar-refractivity contribution >= 4 is 29.3 Å². The first-order valence-electron chi connectivity index (χ1n) is 4.35. The van der Waals surface area contributed by atoms with Crippen LogP contribution in [0.5, 0.6) is 0 Å². The van der Waals surface area contributed by atoms with E-state index in [0.717, 1.165) is 11.8 Å². The molecule has 1 rings (SSSR count). The number of hydrogen-bond acceptors (Lipinski definition) is 4. The van der Waals surface area contributed by atoms with E-state index in [4.69, 9.17) is 22.4 Å². The Labute approximate surface area is 96.8 Å². The Bertz CT molecular complexity index is 349. The Hall–Kier alpha value is -0.780. The highest BCUT2D eigenvalue weighted by Crippen LogP contribution is 2.29. The molecule has 0 aliphatic heterocycles. The summed E-state index contributed by atoms with van der Waals surface area (Å²) >= 11 is 6.99. The number of halogens is 1. The summed E-state index contributed by atoms with van der Waals surface area (Å²) in [6.07, 6.45) is 1.97. The molecule has 1 aromatic rings. The van der Waals surface area contributed by atoms with Gasteiger partial charge in [-0.3, -0.25) is 4.79 Å². The van der Waals surface area contributed by atoms with Crippen LogP contribution in [-0.2, 0) is 4.79 Å². The summed E-state index contributed by atoms with van der Waals surface area (Å²) in [6, 6.07) is 3.38. The zero-order chi connectivity index (χ0) is 11.3. The second kappa shape index (κ2) is 5.95. The van der Waals surface area contributed by atoms with Gasteiger partial charge in [-0.15, -0.1) is 0 Å². The number of hydrogen-bond donors (Lipinski definition) is 2. The zero-order valence-electron chi connectivity index (χ0n) is 7.89. The van der Waals surface area contributed by atoms with Crippen LogP contribution in [-0.4, -0.2) is 27.9 Å². The fourth-order valence-electron chi connectivity index (χ4n) is 0.977. The molecule has 3 N–H and O–H groups in total. The first-order valence-corrected chi connectivity index (χ1v) is 5.61. The van der Waals surface area contributed by atoms with Gasteiger partial charge < -0.3 is 10.8 Å². The summed E-state index contributed by atoms with van der Waals surface area (Å²) < 4.78 is 0. The average Bonchev–Trinajstić information content (AvgIpc) is 2.20. The van der Waals surface area contributed by atoms with Crippen LogP contribution in [0, 0.1) is 0 Å². The Morgan fingerprint density at radius 1 is 1.73 bits per heavy atom. The molecule has 0 amide bonds. The Morgan fingerprint density at radius 2 is 2.47 bits per heavy atom. The van der Waals surface area contributed by atoms with E-state index in [1.54, 1.807) is 18.3 Å². The Kier molecular flexibility index (Phi) is 4.87. The minimum atomic E-state index is -0.896. The molecule has 0 spiro atoms. The summed E-state index contributed by atoms with van der Waals surface area (Å²) in [5, 5.41) is 9.31. The van der Waals surface area contributed by atoms with Crippen LogP contribution in [0.15, 0.2) is 23.4 Å². The molecule has 0 bridgehead atoms. The molecule has 1 heterocycles. The minimum Gasteiger partial charge on any atom is -0.480 e. The van der Waals surface area contributed by atoms with Crippen molar-refractivity contribution in [1.29, 1.82) is 0 Å². The van der Waals surface area contributed by atoms with Crippen molar-refractivity contribution in [1.82, 2.24) is 4.98 Å². The first kappa shape index (κ1) is 12.3. The molecule has 0 aliphatic rings. The van der Waals surface area contributed by atoms with Gasteiger partial charge in [-0.05, 0) is 25.1 Å². The molecule has 1 unspecified atom stereocenters. The van der Waals surface area contributed by atoms with Crippen LogP contribution >= 0.6 is 23.4 Å². The lowest BCUT2D eigenvalue weighted by Gasteiger charge is -2.10. The van der Waals surface area contributed by atoms with Gasteiger partial charge >= 0.3 is 5.97 Å². The summed E-state index contributed by atoms with van der Waals surface area (Å²) in [4.78, 5) is 14.9. The molecular weight excluding hydrogens is 236 g/mol.